The number of aromatic amines is 1. The first kappa shape index (κ1) is 19.7. The molecule has 0 unspecified atom stereocenters. The third-order valence-electron chi connectivity index (χ3n) is 4.60. The van der Waals surface area contributed by atoms with E-state index < -0.39 is 0 Å². The number of nitrogens with zero attached hydrogens (tertiary/aromatic N) is 3. The molecule has 0 fully saturated rings. The maximum Gasteiger partial charge on any atom is 0.273 e. The van der Waals surface area contributed by atoms with Crippen molar-refractivity contribution < 1.29 is 4.79 Å². The lowest BCUT2D eigenvalue weighted by molar-refractivity contribution is -0.116. The number of anilines is 1. The summed E-state index contributed by atoms with van der Waals surface area (Å²) >= 11 is 6.06. The summed E-state index contributed by atoms with van der Waals surface area (Å²) in [5, 5.41) is 10.9. The smallest absolute Gasteiger partial charge is 0.273 e. The van der Waals surface area contributed by atoms with Crippen molar-refractivity contribution in [3.63, 3.8) is 0 Å². The summed E-state index contributed by atoms with van der Waals surface area (Å²) in [4.78, 5) is 37.3. The fraction of sp³-hybridized carbons (Fsp3) is 0.143. The van der Waals surface area contributed by atoms with E-state index in [1.165, 1.54) is 0 Å². The molecule has 1 amide bonds. The lowest BCUT2D eigenvalue weighted by Crippen LogP contribution is -2.31. The van der Waals surface area contributed by atoms with E-state index >= 15 is 0 Å². The van der Waals surface area contributed by atoms with Crippen LogP contribution >= 0.6 is 11.6 Å². The van der Waals surface area contributed by atoms with Crippen LogP contribution < -0.4 is 16.4 Å². The number of rotatable bonds is 5. The molecule has 0 aliphatic heterocycles. The van der Waals surface area contributed by atoms with Gasteiger partial charge >= 0.3 is 0 Å². The van der Waals surface area contributed by atoms with Gasteiger partial charge in [0.2, 0.25) is 5.91 Å². The number of aryl methyl sites for hydroxylation is 2. The first-order valence-electron chi connectivity index (χ1n) is 9.27. The summed E-state index contributed by atoms with van der Waals surface area (Å²) in [6.45, 7) is 1.85. The van der Waals surface area contributed by atoms with Crippen LogP contribution in [0.1, 0.15) is 12.1 Å². The Kier molecular flexibility index (Phi) is 5.24. The predicted molar refractivity (Wildman–Crippen MR) is 115 cm³/mol. The lowest BCUT2D eigenvalue weighted by Gasteiger charge is -2.10. The second-order valence-corrected chi connectivity index (χ2v) is 7.24. The first-order valence-corrected chi connectivity index (χ1v) is 9.64. The van der Waals surface area contributed by atoms with Gasteiger partial charge in [0.15, 0.2) is 0 Å². The number of aromatic nitrogens is 4. The second-order valence-electron chi connectivity index (χ2n) is 6.80. The minimum atomic E-state index is -0.375. The molecule has 2 aromatic carbocycles. The van der Waals surface area contributed by atoms with Gasteiger partial charge in [-0.05, 0) is 37.3 Å². The van der Waals surface area contributed by atoms with Gasteiger partial charge in [0.25, 0.3) is 11.1 Å². The summed E-state index contributed by atoms with van der Waals surface area (Å²) in [6.07, 6.45) is -0.00599. The third-order valence-corrected chi connectivity index (χ3v) is 4.83. The molecule has 0 radical (unpaired) electrons. The Morgan fingerprint density at radius 2 is 1.87 bits per heavy atom. The number of amides is 1. The normalized spacial score (nSPS) is 11.0. The van der Waals surface area contributed by atoms with Crippen molar-refractivity contribution in [3.8, 4) is 5.69 Å². The molecule has 0 atom stereocenters. The molecule has 0 aliphatic carbocycles. The maximum absolute atomic E-state index is 12.6. The van der Waals surface area contributed by atoms with E-state index in [-0.39, 0.29) is 30.0 Å². The maximum atomic E-state index is 12.6. The predicted octanol–water partition coefficient (Wildman–Crippen LogP) is 2.87. The molecular weight excluding hydrogens is 406 g/mol. The van der Waals surface area contributed by atoms with Crippen molar-refractivity contribution in [2.75, 3.05) is 5.32 Å². The van der Waals surface area contributed by atoms with Gasteiger partial charge in [-0.25, -0.2) is 9.36 Å². The van der Waals surface area contributed by atoms with Gasteiger partial charge in [-0.15, -0.1) is 0 Å². The molecule has 0 saturated carbocycles. The van der Waals surface area contributed by atoms with Crippen LogP contribution in [0.5, 0.6) is 0 Å². The summed E-state index contributed by atoms with van der Waals surface area (Å²) < 4.78 is 2.74. The van der Waals surface area contributed by atoms with Crippen LogP contribution in [0.4, 0.5) is 5.82 Å². The molecular formula is C21H18ClN5O3. The van der Waals surface area contributed by atoms with E-state index in [1.54, 1.807) is 53.2 Å². The Morgan fingerprint density at radius 3 is 2.63 bits per heavy atom. The molecule has 0 saturated heterocycles. The fourth-order valence-corrected chi connectivity index (χ4v) is 3.40. The zero-order valence-corrected chi connectivity index (χ0v) is 16.8. The zero-order chi connectivity index (χ0) is 21.3. The van der Waals surface area contributed by atoms with Crippen LogP contribution in [-0.2, 0) is 11.3 Å². The van der Waals surface area contributed by atoms with Crippen LogP contribution in [0, 0.1) is 6.92 Å². The number of H-pyrrole nitrogens is 1. The number of benzene rings is 2. The number of hydrogen-bond donors (Lipinski definition) is 2. The number of fused-ring (bicyclic) bond motifs is 1. The highest BCUT2D eigenvalue weighted by atomic mass is 35.5. The highest BCUT2D eigenvalue weighted by Crippen LogP contribution is 2.20. The van der Waals surface area contributed by atoms with E-state index in [9.17, 15) is 14.4 Å². The second kappa shape index (κ2) is 8.00. The van der Waals surface area contributed by atoms with E-state index in [0.29, 0.717) is 27.3 Å². The van der Waals surface area contributed by atoms with Crippen LogP contribution in [0.25, 0.3) is 16.5 Å². The van der Waals surface area contributed by atoms with Gasteiger partial charge in [0, 0.05) is 17.5 Å². The molecule has 30 heavy (non-hydrogen) atoms. The number of hydrogen-bond acceptors (Lipinski definition) is 4. The van der Waals surface area contributed by atoms with E-state index in [2.05, 4.69) is 15.5 Å². The van der Waals surface area contributed by atoms with Gasteiger partial charge in [0.1, 0.15) is 5.82 Å². The molecule has 2 N–H and O–H groups in total. The molecule has 9 heteroatoms. The average Bonchev–Trinajstić information content (AvgIpc) is 3.09. The van der Waals surface area contributed by atoms with Crippen molar-refractivity contribution in [3.05, 3.63) is 86.0 Å². The topological polar surface area (TPSA) is 102 Å². The van der Waals surface area contributed by atoms with Crippen molar-refractivity contribution in [1.29, 1.82) is 0 Å². The SMILES string of the molecule is Cc1cc(NC(=O)CCn2[nH]c(=O)c3ccccc3c2=O)n(-c2cccc(Cl)c2)n1. The van der Waals surface area contributed by atoms with Gasteiger partial charge < -0.3 is 5.32 Å². The minimum absolute atomic E-state index is 0.00599. The van der Waals surface area contributed by atoms with Crippen molar-refractivity contribution >= 4 is 34.1 Å². The molecule has 152 valence electrons. The summed E-state index contributed by atoms with van der Waals surface area (Å²) in [7, 11) is 0. The third kappa shape index (κ3) is 3.90. The first-order chi connectivity index (χ1) is 14.4. The average molecular weight is 424 g/mol. The van der Waals surface area contributed by atoms with Gasteiger partial charge in [-0.3, -0.25) is 19.5 Å². The molecule has 0 spiro atoms. The highest BCUT2D eigenvalue weighted by molar-refractivity contribution is 6.30. The summed E-state index contributed by atoms with van der Waals surface area (Å²) in [5.74, 6) is 0.165. The number of carbonyl (C=O) groups excluding carboxylic acids is 1. The Morgan fingerprint density at radius 1 is 1.10 bits per heavy atom. The van der Waals surface area contributed by atoms with Crippen molar-refractivity contribution in [2.24, 2.45) is 0 Å². The number of nitrogens with one attached hydrogen (secondary N) is 2. The Balaban J connectivity index is 1.53. The highest BCUT2D eigenvalue weighted by Gasteiger charge is 2.13. The van der Waals surface area contributed by atoms with Crippen molar-refractivity contribution in [1.82, 2.24) is 19.6 Å². The Bertz CT molecular complexity index is 1370. The number of carbonyl (C=O) groups is 1. The monoisotopic (exact) mass is 423 g/mol. The van der Waals surface area contributed by atoms with Gasteiger partial charge in [-0.1, -0.05) is 29.8 Å². The quantitative estimate of drug-likeness (QED) is 0.515. The molecule has 2 heterocycles. The molecule has 0 bridgehead atoms. The fourth-order valence-electron chi connectivity index (χ4n) is 3.22. The van der Waals surface area contributed by atoms with E-state index in [0.717, 1.165) is 10.4 Å². The molecule has 2 aromatic heterocycles. The van der Waals surface area contributed by atoms with Gasteiger partial charge in [0.05, 0.1) is 28.7 Å². The molecule has 4 aromatic rings. The van der Waals surface area contributed by atoms with Crippen molar-refractivity contribution in [2.45, 2.75) is 19.9 Å². The van der Waals surface area contributed by atoms with Crippen LogP contribution in [-0.4, -0.2) is 25.5 Å². The number of halogens is 1. The Labute approximate surface area is 175 Å². The minimum Gasteiger partial charge on any atom is -0.311 e. The zero-order valence-electron chi connectivity index (χ0n) is 16.1. The summed E-state index contributed by atoms with van der Waals surface area (Å²) in [5.41, 5.74) is 0.708. The van der Waals surface area contributed by atoms with Gasteiger partial charge in [-0.2, -0.15) is 5.10 Å². The lowest BCUT2D eigenvalue weighted by atomic mass is 10.2. The largest absolute Gasteiger partial charge is 0.311 e. The molecule has 4 rings (SSSR count). The Hall–Kier alpha value is -3.65. The summed E-state index contributed by atoms with van der Waals surface area (Å²) in [6, 6.07) is 15.4. The van der Waals surface area contributed by atoms with Crippen LogP contribution in [0.15, 0.2) is 64.2 Å². The van der Waals surface area contributed by atoms with Crippen LogP contribution in [0.3, 0.4) is 0 Å². The molecule has 8 nitrogen and oxygen atoms in total. The van der Waals surface area contributed by atoms with Crippen LogP contribution in [0.2, 0.25) is 5.02 Å². The van der Waals surface area contributed by atoms with E-state index in [4.69, 9.17) is 11.6 Å². The van der Waals surface area contributed by atoms with E-state index in [1.807, 2.05) is 13.0 Å². The molecule has 0 aliphatic rings. The standard InChI is InChI=1S/C21H18ClN5O3/c1-13-11-18(27(24-13)15-6-4-5-14(22)12-15)23-19(28)9-10-26-21(30)17-8-3-2-7-16(17)20(29)25-26/h2-8,11-12H,9-10H2,1H3,(H,23,28)(H,25,29).